The number of phenolic OH excluding ortho intramolecular Hbond substituents is 1. The molecule has 0 atom stereocenters. The van der Waals surface area contributed by atoms with Crippen molar-refractivity contribution in [1.82, 2.24) is 4.98 Å². The lowest BCUT2D eigenvalue weighted by Gasteiger charge is -2.10. The number of hydrogen-bond donors (Lipinski definition) is 2. The SMILES string of the molecule is CCCCC/C=C/C/C=C/CCCCCCCc1c(C)c(O)cc2c1[nH]c1ccccc12. The fraction of sp³-hybridized carbons (Fsp3) is 0.467. The summed E-state index contributed by atoms with van der Waals surface area (Å²) in [5, 5.41) is 12.8. The molecule has 0 saturated heterocycles. The lowest BCUT2D eigenvalue weighted by atomic mass is 9.97. The molecule has 2 N–H and O–H groups in total. The first-order valence-electron chi connectivity index (χ1n) is 12.7. The molecule has 0 aliphatic rings. The van der Waals surface area contributed by atoms with E-state index in [1.165, 1.54) is 80.7 Å². The van der Waals surface area contributed by atoms with Gasteiger partial charge in [0.2, 0.25) is 0 Å². The molecular weight excluding hydrogens is 390 g/mol. The van der Waals surface area contributed by atoms with Gasteiger partial charge in [0.05, 0.1) is 5.52 Å². The van der Waals surface area contributed by atoms with Crippen LogP contribution >= 0.6 is 0 Å². The van der Waals surface area contributed by atoms with Crippen molar-refractivity contribution in [2.75, 3.05) is 0 Å². The van der Waals surface area contributed by atoms with Crippen molar-refractivity contribution in [3.63, 3.8) is 0 Å². The van der Waals surface area contributed by atoms with Crippen molar-refractivity contribution in [2.45, 2.75) is 90.9 Å². The molecule has 1 heterocycles. The van der Waals surface area contributed by atoms with Gasteiger partial charge in [-0.25, -0.2) is 0 Å². The second-order valence-corrected chi connectivity index (χ2v) is 9.07. The Morgan fingerprint density at radius 2 is 1.50 bits per heavy atom. The zero-order chi connectivity index (χ0) is 22.6. The summed E-state index contributed by atoms with van der Waals surface area (Å²) in [4.78, 5) is 3.59. The number of aromatic nitrogens is 1. The van der Waals surface area contributed by atoms with E-state index in [1.54, 1.807) is 0 Å². The Labute approximate surface area is 194 Å². The summed E-state index contributed by atoms with van der Waals surface area (Å²) in [6.07, 6.45) is 24.1. The Morgan fingerprint density at radius 1 is 0.812 bits per heavy atom. The molecule has 0 aliphatic heterocycles. The van der Waals surface area contributed by atoms with Crippen molar-refractivity contribution in [1.29, 1.82) is 0 Å². The van der Waals surface area contributed by atoms with Crippen LogP contribution in [0, 0.1) is 6.92 Å². The van der Waals surface area contributed by atoms with E-state index in [2.05, 4.69) is 60.5 Å². The van der Waals surface area contributed by atoms with Crippen molar-refractivity contribution < 1.29 is 5.11 Å². The third-order valence-corrected chi connectivity index (χ3v) is 6.54. The minimum atomic E-state index is 0.417. The number of aromatic amines is 1. The van der Waals surface area contributed by atoms with E-state index in [1.807, 2.05) is 13.0 Å². The Kier molecular flexibility index (Phi) is 9.94. The van der Waals surface area contributed by atoms with E-state index >= 15 is 0 Å². The third kappa shape index (κ3) is 6.76. The number of hydrogen-bond acceptors (Lipinski definition) is 1. The molecule has 0 unspecified atom stereocenters. The van der Waals surface area contributed by atoms with Gasteiger partial charge in [0.15, 0.2) is 0 Å². The number of benzene rings is 2. The van der Waals surface area contributed by atoms with E-state index in [9.17, 15) is 5.11 Å². The monoisotopic (exact) mass is 431 g/mol. The van der Waals surface area contributed by atoms with Gasteiger partial charge in [0, 0.05) is 16.3 Å². The van der Waals surface area contributed by atoms with E-state index in [4.69, 9.17) is 0 Å². The minimum absolute atomic E-state index is 0.417. The Morgan fingerprint density at radius 3 is 2.28 bits per heavy atom. The van der Waals surface area contributed by atoms with Crippen LogP contribution in [-0.4, -0.2) is 10.1 Å². The summed E-state index contributed by atoms with van der Waals surface area (Å²) < 4.78 is 0. The van der Waals surface area contributed by atoms with Gasteiger partial charge in [-0.3, -0.25) is 0 Å². The van der Waals surface area contributed by atoms with E-state index in [0.717, 1.165) is 29.3 Å². The van der Waals surface area contributed by atoms with Crippen LogP contribution in [0.5, 0.6) is 5.75 Å². The van der Waals surface area contributed by atoms with Gasteiger partial charge in [0.25, 0.3) is 0 Å². The number of aryl methyl sites for hydroxylation is 1. The molecule has 0 spiro atoms. The largest absolute Gasteiger partial charge is 0.508 e. The topological polar surface area (TPSA) is 36.0 Å². The molecule has 0 aliphatic carbocycles. The first-order valence-corrected chi connectivity index (χ1v) is 12.7. The van der Waals surface area contributed by atoms with Crippen molar-refractivity contribution >= 4 is 21.8 Å². The number of fused-ring (bicyclic) bond motifs is 3. The van der Waals surface area contributed by atoms with Crippen molar-refractivity contribution in [3.8, 4) is 5.75 Å². The maximum atomic E-state index is 10.5. The average Bonchev–Trinajstić information content (AvgIpc) is 3.16. The summed E-state index contributed by atoms with van der Waals surface area (Å²) in [7, 11) is 0. The molecule has 1 aromatic heterocycles. The zero-order valence-corrected chi connectivity index (χ0v) is 20.1. The predicted octanol–water partition coefficient (Wildman–Crippen LogP) is 9.30. The number of rotatable bonds is 14. The maximum absolute atomic E-state index is 10.5. The Hall–Kier alpha value is -2.48. The van der Waals surface area contributed by atoms with Gasteiger partial charge in [-0.1, -0.05) is 81.5 Å². The van der Waals surface area contributed by atoms with Crippen LogP contribution in [0.4, 0.5) is 0 Å². The van der Waals surface area contributed by atoms with E-state index in [-0.39, 0.29) is 0 Å². The van der Waals surface area contributed by atoms with Gasteiger partial charge < -0.3 is 10.1 Å². The van der Waals surface area contributed by atoms with Gasteiger partial charge in [-0.15, -0.1) is 0 Å². The van der Waals surface area contributed by atoms with E-state index < -0.39 is 0 Å². The molecule has 2 aromatic carbocycles. The number of nitrogens with one attached hydrogen (secondary N) is 1. The molecule has 0 fully saturated rings. The molecule has 0 saturated carbocycles. The number of H-pyrrole nitrogens is 1. The number of allylic oxidation sites excluding steroid dienone is 4. The summed E-state index contributed by atoms with van der Waals surface area (Å²) >= 11 is 0. The summed E-state index contributed by atoms with van der Waals surface area (Å²) in [6, 6.07) is 10.3. The van der Waals surface area contributed by atoms with Gasteiger partial charge in [-0.2, -0.15) is 0 Å². The molecule has 0 bridgehead atoms. The molecule has 3 rings (SSSR count). The smallest absolute Gasteiger partial charge is 0.119 e. The lowest BCUT2D eigenvalue weighted by Crippen LogP contribution is -1.93. The fourth-order valence-electron chi connectivity index (χ4n) is 4.56. The molecule has 2 nitrogen and oxygen atoms in total. The highest BCUT2D eigenvalue weighted by Gasteiger charge is 2.13. The first-order chi connectivity index (χ1) is 15.7. The van der Waals surface area contributed by atoms with Crippen LogP contribution in [0.25, 0.3) is 21.8 Å². The molecule has 0 amide bonds. The molecule has 32 heavy (non-hydrogen) atoms. The van der Waals surface area contributed by atoms with Crippen LogP contribution < -0.4 is 0 Å². The van der Waals surface area contributed by atoms with Gasteiger partial charge >= 0.3 is 0 Å². The Bertz CT molecular complexity index is 1020. The number of phenols is 1. The Balaban J connectivity index is 1.37. The van der Waals surface area contributed by atoms with Crippen molar-refractivity contribution in [3.05, 3.63) is 65.8 Å². The minimum Gasteiger partial charge on any atom is -0.508 e. The average molecular weight is 432 g/mol. The normalized spacial score (nSPS) is 12.2. The molecule has 2 heteroatoms. The fourth-order valence-corrected chi connectivity index (χ4v) is 4.56. The third-order valence-electron chi connectivity index (χ3n) is 6.54. The standard InChI is InChI=1S/C30H41NO/c1-3-4-5-6-7-8-9-10-11-12-13-14-15-16-17-20-25-24(2)29(32)23-27-26-21-18-19-22-28(26)31-30(25)27/h7-8,10-11,18-19,21-23,31-32H,3-6,9,12-17,20H2,1-2H3/b8-7+,11-10+. The second-order valence-electron chi connectivity index (χ2n) is 9.07. The van der Waals surface area contributed by atoms with Crippen LogP contribution in [0.3, 0.4) is 0 Å². The summed E-state index contributed by atoms with van der Waals surface area (Å²) in [6.45, 7) is 4.30. The van der Waals surface area contributed by atoms with Crippen LogP contribution in [0.15, 0.2) is 54.6 Å². The summed E-state index contributed by atoms with van der Waals surface area (Å²) in [5.41, 5.74) is 4.65. The molecule has 0 radical (unpaired) electrons. The summed E-state index contributed by atoms with van der Waals surface area (Å²) in [5.74, 6) is 0.417. The number of para-hydroxylation sites is 1. The second kappa shape index (κ2) is 13.2. The molecule has 3 aromatic rings. The number of unbranched alkanes of at least 4 members (excludes halogenated alkanes) is 8. The first kappa shape index (κ1) is 24.2. The van der Waals surface area contributed by atoms with Gasteiger partial charge in [-0.05, 0) is 75.1 Å². The number of aromatic hydroxyl groups is 1. The molecule has 172 valence electrons. The maximum Gasteiger partial charge on any atom is 0.119 e. The quantitative estimate of drug-likeness (QED) is 0.193. The van der Waals surface area contributed by atoms with Crippen LogP contribution in [0.2, 0.25) is 0 Å². The highest BCUT2D eigenvalue weighted by atomic mass is 16.3. The van der Waals surface area contributed by atoms with Gasteiger partial charge in [0.1, 0.15) is 5.75 Å². The van der Waals surface area contributed by atoms with Crippen molar-refractivity contribution in [2.24, 2.45) is 0 Å². The highest BCUT2D eigenvalue weighted by molar-refractivity contribution is 6.09. The molecular formula is C30H41NO. The highest BCUT2D eigenvalue weighted by Crippen LogP contribution is 2.35. The van der Waals surface area contributed by atoms with Crippen LogP contribution in [-0.2, 0) is 6.42 Å². The zero-order valence-electron chi connectivity index (χ0n) is 20.1. The predicted molar refractivity (Wildman–Crippen MR) is 141 cm³/mol. The van der Waals surface area contributed by atoms with E-state index in [0.29, 0.717) is 5.75 Å². The lowest BCUT2D eigenvalue weighted by molar-refractivity contribution is 0.471. The van der Waals surface area contributed by atoms with Crippen LogP contribution in [0.1, 0.15) is 88.7 Å².